The number of ether oxygens (including phenoxy) is 1. The van der Waals surface area contributed by atoms with Gasteiger partial charge in [-0.1, -0.05) is 23.7 Å². The lowest BCUT2D eigenvalue weighted by molar-refractivity contribution is -0.127. The Morgan fingerprint density at radius 3 is 2.31 bits per heavy atom. The third-order valence-electron chi connectivity index (χ3n) is 9.33. The Bertz CT molecular complexity index is 1640. The molecular weight excluding hydrogens is 593 g/mol. The van der Waals surface area contributed by atoms with E-state index in [2.05, 4.69) is 40.1 Å². The molecule has 8 nitrogen and oxygen atoms in total. The van der Waals surface area contributed by atoms with E-state index in [-0.39, 0.29) is 22.2 Å². The van der Waals surface area contributed by atoms with Gasteiger partial charge < -0.3 is 14.5 Å². The summed E-state index contributed by atoms with van der Waals surface area (Å²) in [6, 6.07) is 17.6. The molecule has 1 spiro atoms. The molecule has 10 heteroatoms. The van der Waals surface area contributed by atoms with Crippen LogP contribution in [0.25, 0.3) is 11.1 Å². The Kier molecular flexibility index (Phi) is 8.71. The van der Waals surface area contributed by atoms with Crippen LogP contribution in [0.3, 0.4) is 0 Å². The minimum atomic E-state index is -1.01. The number of halogens is 2. The Morgan fingerprint density at radius 1 is 0.956 bits per heavy atom. The van der Waals surface area contributed by atoms with E-state index in [4.69, 9.17) is 16.3 Å². The average Bonchev–Trinajstić information content (AvgIpc) is 3.66. The number of hydrogen-bond donors (Lipinski definition) is 0. The maximum Gasteiger partial charge on any atom is 0.332 e. The lowest BCUT2D eigenvalue weighted by Gasteiger charge is -2.42. The first-order chi connectivity index (χ1) is 21.8. The largest absolute Gasteiger partial charge is 0.493 e. The van der Waals surface area contributed by atoms with E-state index in [0.717, 1.165) is 30.6 Å². The van der Waals surface area contributed by atoms with Crippen molar-refractivity contribution in [3.8, 4) is 22.9 Å². The summed E-state index contributed by atoms with van der Waals surface area (Å²) < 4.78 is 21.5. The molecule has 234 valence electrons. The molecule has 0 unspecified atom stereocenters. The van der Waals surface area contributed by atoms with Gasteiger partial charge in [-0.3, -0.25) is 9.69 Å². The van der Waals surface area contributed by atoms with Crippen LogP contribution in [0.2, 0.25) is 5.02 Å². The summed E-state index contributed by atoms with van der Waals surface area (Å²) in [5, 5.41) is 9.46. The molecule has 0 atom stereocenters. The molecular formula is C35H37ClFN5O3. The number of likely N-dealkylation sites (tertiary alicyclic amines) is 1. The maximum absolute atomic E-state index is 15.8. The molecule has 0 bridgehead atoms. The molecule has 3 fully saturated rings. The van der Waals surface area contributed by atoms with Crippen LogP contribution in [-0.4, -0.2) is 66.6 Å². The molecule has 3 aromatic carbocycles. The van der Waals surface area contributed by atoms with Crippen molar-refractivity contribution in [3.63, 3.8) is 0 Å². The van der Waals surface area contributed by atoms with Crippen LogP contribution >= 0.6 is 11.6 Å². The van der Waals surface area contributed by atoms with Gasteiger partial charge >= 0.3 is 6.03 Å². The van der Waals surface area contributed by atoms with E-state index in [9.17, 15) is 14.9 Å². The molecule has 3 heterocycles. The zero-order valence-corrected chi connectivity index (χ0v) is 26.4. The van der Waals surface area contributed by atoms with Crippen molar-refractivity contribution in [2.75, 3.05) is 49.1 Å². The fourth-order valence-electron chi connectivity index (χ4n) is 6.98. The number of piperidine rings is 1. The van der Waals surface area contributed by atoms with Gasteiger partial charge in [0.05, 0.1) is 28.9 Å². The highest BCUT2D eigenvalue weighted by molar-refractivity contribution is 6.36. The monoisotopic (exact) mass is 629 g/mol. The highest BCUT2D eigenvalue weighted by Crippen LogP contribution is 2.44. The zero-order valence-electron chi connectivity index (χ0n) is 25.7. The first-order valence-electron chi connectivity index (χ1n) is 15.7. The number of carbonyl (C=O) groups is 2. The van der Waals surface area contributed by atoms with Gasteiger partial charge in [0.25, 0.3) is 5.91 Å². The summed E-state index contributed by atoms with van der Waals surface area (Å²) in [7, 11) is 0. The third kappa shape index (κ3) is 5.62. The highest BCUT2D eigenvalue weighted by Gasteiger charge is 2.58. The minimum absolute atomic E-state index is 0.0122. The lowest BCUT2D eigenvalue weighted by Crippen LogP contribution is -2.56. The van der Waals surface area contributed by atoms with E-state index in [0.29, 0.717) is 56.0 Å². The van der Waals surface area contributed by atoms with Crippen LogP contribution in [0.1, 0.15) is 50.7 Å². The van der Waals surface area contributed by atoms with E-state index < -0.39 is 17.4 Å². The molecule has 0 saturated carbocycles. The molecule has 6 rings (SSSR count). The average molecular weight is 630 g/mol. The molecule has 3 aliphatic rings. The van der Waals surface area contributed by atoms with Crippen LogP contribution in [0.4, 0.5) is 20.6 Å². The topological polar surface area (TPSA) is 80.1 Å². The molecule has 0 aromatic heterocycles. The van der Waals surface area contributed by atoms with Crippen LogP contribution in [0, 0.1) is 17.1 Å². The van der Waals surface area contributed by atoms with Crippen molar-refractivity contribution in [1.82, 2.24) is 9.80 Å². The number of rotatable bonds is 8. The Balaban J connectivity index is 1.22. The number of hydrogen-bond acceptors (Lipinski definition) is 6. The smallest absolute Gasteiger partial charge is 0.332 e. The Morgan fingerprint density at radius 2 is 1.67 bits per heavy atom. The first-order valence-corrected chi connectivity index (χ1v) is 16.1. The van der Waals surface area contributed by atoms with Crippen molar-refractivity contribution in [2.45, 2.75) is 51.6 Å². The Labute approximate surface area is 268 Å². The lowest BCUT2D eigenvalue weighted by atomic mass is 9.85. The van der Waals surface area contributed by atoms with Crippen LogP contribution in [0.15, 0.2) is 54.6 Å². The second-order valence-electron chi connectivity index (χ2n) is 11.9. The summed E-state index contributed by atoms with van der Waals surface area (Å²) in [6.07, 6.45) is 3.43. The van der Waals surface area contributed by atoms with E-state index in [1.165, 1.54) is 36.2 Å². The van der Waals surface area contributed by atoms with Gasteiger partial charge in [-0.2, -0.15) is 5.26 Å². The molecule has 3 saturated heterocycles. The van der Waals surface area contributed by atoms with Crippen LogP contribution in [-0.2, 0) is 11.3 Å². The predicted octanol–water partition coefficient (Wildman–Crippen LogP) is 6.84. The number of imide groups is 1. The molecule has 0 N–H and O–H groups in total. The number of urea groups is 1. The van der Waals surface area contributed by atoms with Crippen molar-refractivity contribution in [2.24, 2.45) is 0 Å². The standard InChI is InChI=1S/C35H37ClFN5O3/c1-3-41-34(44)42(31-21-30(37)27(20-29(31)36)28-19-25(22-38)9-12-32(28)45-4-2)33(43)35(41)13-17-39(18-14-35)23-24-7-10-26(11-8-24)40-15-5-6-16-40/h7-12,19-21H,3-6,13-18,23H2,1-2H3. The van der Waals surface area contributed by atoms with Crippen molar-refractivity contribution >= 4 is 34.9 Å². The molecule has 3 aliphatic heterocycles. The Hall–Kier alpha value is -4.13. The fraction of sp³-hybridized carbons (Fsp3) is 0.400. The van der Waals surface area contributed by atoms with E-state index in [1.807, 2.05) is 13.8 Å². The van der Waals surface area contributed by atoms with Crippen molar-refractivity contribution in [1.29, 1.82) is 5.26 Å². The maximum atomic E-state index is 15.8. The van der Waals surface area contributed by atoms with Gasteiger partial charge in [-0.15, -0.1) is 0 Å². The van der Waals surface area contributed by atoms with E-state index in [1.54, 1.807) is 17.0 Å². The molecule has 0 radical (unpaired) electrons. The van der Waals surface area contributed by atoms with Crippen LogP contribution in [0.5, 0.6) is 5.75 Å². The molecule has 45 heavy (non-hydrogen) atoms. The third-order valence-corrected chi connectivity index (χ3v) is 9.63. The number of nitriles is 1. The van der Waals surface area contributed by atoms with Gasteiger partial charge in [0.1, 0.15) is 17.1 Å². The molecule has 0 aliphatic carbocycles. The SMILES string of the molecule is CCOc1ccc(C#N)cc1-c1cc(Cl)c(N2C(=O)N(CC)C3(CCN(Cc4ccc(N5CCCC5)cc4)CC3)C2=O)cc1F. The second-order valence-corrected chi connectivity index (χ2v) is 12.3. The molecule has 3 aromatic rings. The first kappa shape index (κ1) is 30.9. The number of carbonyl (C=O) groups excluding carboxylic acids is 2. The number of anilines is 2. The second kappa shape index (κ2) is 12.7. The quantitative estimate of drug-likeness (QED) is 0.254. The number of benzene rings is 3. The summed E-state index contributed by atoms with van der Waals surface area (Å²) in [4.78, 5) is 35.3. The van der Waals surface area contributed by atoms with Crippen LogP contribution < -0.4 is 14.5 Å². The highest BCUT2D eigenvalue weighted by atomic mass is 35.5. The predicted molar refractivity (Wildman–Crippen MR) is 173 cm³/mol. The number of likely N-dealkylation sites (N-methyl/N-ethyl adjacent to an activating group) is 1. The summed E-state index contributed by atoms with van der Waals surface area (Å²) in [6.45, 7) is 8.64. The summed E-state index contributed by atoms with van der Waals surface area (Å²) in [5.41, 5.74) is 2.30. The van der Waals surface area contributed by atoms with Gasteiger partial charge in [0, 0.05) is 62.1 Å². The van der Waals surface area contributed by atoms with Gasteiger partial charge in [-0.05, 0) is 81.5 Å². The zero-order chi connectivity index (χ0) is 31.7. The van der Waals surface area contributed by atoms with E-state index >= 15 is 4.39 Å². The summed E-state index contributed by atoms with van der Waals surface area (Å²) in [5.74, 6) is -0.655. The van der Waals surface area contributed by atoms with Crippen molar-refractivity contribution in [3.05, 3.63) is 76.6 Å². The fourth-order valence-corrected chi connectivity index (χ4v) is 7.23. The summed E-state index contributed by atoms with van der Waals surface area (Å²) >= 11 is 6.70. The number of amides is 3. The number of nitrogens with zero attached hydrogens (tertiary/aromatic N) is 5. The van der Waals surface area contributed by atoms with Crippen molar-refractivity contribution < 1.29 is 18.7 Å². The normalized spacial score (nSPS) is 18.2. The van der Waals surface area contributed by atoms with Gasteiger partial charge in [-0.25, -0.2) is 14.1 Å². The minimum Gasteiger partial charge on any atom is -0.493 e. The van der Waals surface area contributed by atoms with Gasteiger partial charge in [0.15, 0.2) is 0 Å². The van der Waals surface area contributed by atoms with Gasteiger partial charge in [0.2, 0.25) is 0 Å². The molecule has 3 amide bonds.